The molecule has 0 radical (unpaired) electrons. The molecule has 4 nitrogen and oxygen atoms in total. The number of carbonyl (C=O) groups is 1. The van der Waals surface area contributed by atoms with Gasteiger partial charge in [-0.3, -0.25) is 4.79 Å². The first-order chi connectivity index (χ1) is 10.7. The Kier molecular flexibility index (Phi) is 5.33. The largest absolute Gasteiger partial charge is 0.493 e. The molecule has 0 saturated heterocycles. The summed E-state index contributed by atoms with van der Waals surface area (Å²) in [6.45, 7) is 2.40. The molecule has 0 aliphatic carbocycles. The number of nitriles is 1. The summed E-state index contributed by atoms with van der Waals surface area (Å²) < 4.78 is 5.49. The summed E-state index contributed by atoms with van der Waals surface area (Å²) in [5, 5.41) is 11.9. The van der Waals surface area contributed by atoms with Crippen LogP contribution in [0.15, 0.2) is 60.2 Å². The summed E-state index contributed by atoms with van der Waals surface area (Å²) in [6.07, 6.45) is 1.53. The fraction of sp³-hybridized carbons (Fsp3) is 0.111. The molecule has 0 fully saturated rings. The number of ether oxygens (including phenoxy) is 1. The molecule has 4 heteroatoms. The van der Waals surface area contributed by atoms with Crippen LogP contribution in [0.1, 0.15) is 12.5 Å². The fourth-order valence-corrected chi connectivity index (χ4v) is 1.91. The monoisotopic (exact) mass is 292 g/mol. The van der Waals surface area contributed by atoms with Gasteiger partial charge in [0.2, 0.25) is 0 Å². The van der Waals surface area contributed by atoms with Gasteiger partial charge in [0.05, 0.1) is 6.61 Å². The molecule has 110 valence electrons. The van der Waals surface area contributed by atoms with Crippen molar-refractivity contribution >= 4 is 17.7 Å². The molecule has 1 N–H and O–H groups in total. The minimum absolute atomic E-state index is 0.0241. The lowest BCUT2D eigenvalue weighted by Gasteiger charge is -2.07. The third-order valence-corrected chi connectivity index (χ3v) is 2.92. The predicted octanol–water partition coefficient (Wildman–Crippen LogP) is 3.63. The van der Waals surface area contributed by atoms with Crippen molar-refractivity contribution in [2.45, 2.75) is 6.92 Å². The summed E-state index contributed by atoms with van der Waals surface area (Å²) in [5.74, 6) is 0.199. The molecule has 2 rings (SSSR count). The lowest BCUT2D eigenvalue weighted by Crippen LogP contribution is -2.13. The Morgan fingerprint density at radius 1 is 1.18 bits per heavy atom. The topological polar surface area (TPSA) is 62.1 Å². The maximum Gasteiger partial charge on any atom is 0.266 e. The molecule has 22 heavy (non-hydrogen) atoms. The number of nitrogens with one attached hydrogen (secondary N) is 1. The summed E-state index contributed by atoms with van der Waals surface area (Å²) in [7, 11) is 0. The van der Waals surface area contributed by atoms with Crippen LogP contribution in [0.4, 0.5) is 5.69 Å². The number of para-hydroxylation sites is 2. The van der Waals surface area contributed by atoms with Crippen molar-refractivity contribution in [1.29, 1.82) is 5.26 Å². The van der Waals surface area contributed by atoms with Crippen molar-refractivity contribution in [3.63, 3.8) is 0 Å². The van der Waals surface area contributed by atoms with Gasteiger partial charge in [-0.25, -0.2) is 0 Å². The van der Waals surface area contributed by atoms with Crippen LogP contribution >= 0.6 is 0 Å². The average molecular weight is 292 g/mol. The molecule has 0 unspecified atom stereocenters. The number of benzene rings is 2. The minimum Gasteiger partial charge on any atom is -0.493 e. The molecule has 0 aromatic heterocycles. The van der Waals surface area contributed by atoms with E-state index in [0.29, 0.717) is 23.6 Å². The maximum absolute atomic E-state index is 12.2. The van der Waals surface area contributed by atoms with Crippen molar-refractivity contribution in [3.05, 3.63) is 65.7 Å². The van der Waals surface area contributed by atoms with Crippen molar-refractivity contribution in [2.24, 2.45) is 0 Å². The van der Waals surface area contributed by atoms with Crippen molar-refractivity contribution in [2.75, 3.05) is 11.9 Å². The number of carbonyl (C=O) groups excluding carboxylic acids is 1. The van der Waals surface area contributed by atoms with Gasteiger partial charge >= 0.3 is 0 Å². The maximum atomic E-state index is 12.2. The van der Waals surface area contributed by atoms with Crippen molar-refractivity contribution in [1.82, 2.24) is 0 Å². The molecule has 0 bridgehead atoms. The second kappa shape index (κ2) is 7.65. The quantitative estimate of drug-likeness (QED) is 0.676. The summed E-state index contributed by atoms with van der Waals surface area (Å²) >= 11 is 0. The molecule has 0 saturated carbocycles. The van der Waals surface area contributed by atoms with Gasteiger partial charge in [0.15, 0.2) is 0 Å². The van der Waals surface area contributed by atoms with Crippen molar-refractivity contribution < 1.29 is 9.53 Å². The second-order valence-corrected chi connectivity index (χ2v) is 4.46. The van der Waals surface area contributed by atoms with Crippen molar-refractivity contribution in [3.8, 4) is 11.8 Å². The van der Waals surface area contributed by atoms with Crippen LogP contribution < -0.4 is 10.1 Å². The van der Waals surface area contributed by atoms with Gasteiger partial charge in [0.1, 0.15) is 17.4 Å². The Labute approximate surface area is 129 Å². The molecule has 2 aromatic carbocycles. The first-order valence-corrected chi connectivity index (χ1v) is 6.94. The van der Waals surface area contributed by atoms with Gasteiger partial charge in [0.25, 0.3) is 5.91 Å². The van der Waals surface area contributed by atoms with E-state index in [1.807, 2.05) is 43.3 Å². The normalized spacial score (nSPS) is 10.6. The molecule has 0 heterocycles. The van der Waals surface area contributed by atoms with Gasteiger partial charge in [-0.2, -0.15) is 5.26 Å². The SMILES string of the molecule is CCOc1ccccc1/C=C(\C#N)C(=O)Nc1ccccc1. The Balaban J connectivity index is 2.24. The smallest absolute Gasteiger partial charge is 0.266 e. The highest BCUT2D eigenvalue weighted by Gasteiger charge is 2.10. The first-order valence-electron chi connectivity index (χ1n) is 6.94. The van der Waals surface area contributed by atoms with Crippen LogP contribution in [0.5, 0.6) is 5.75 Å². The minimum atomic E-state index is -0.444. The van der Waals surface area contributed by atoms with E-state index in [-0.39, 0.29) is 5.57 Å². The van der Waals surface area contributed by atoms with Gasteiger partial charge in [-0.05, 0) is 31.2 Å². The fourth-order valence-electron chi connectivity index (χ4n) is 1.91. The van der Waals surface area contributed by atoms with Gasteiger partial charge in [-0.15, -0.1) is 0 Å². The van der Waals surface area contributed by atoms with Crippen LogP contribution in [0.2, 0.25) is 0 Å². The Bertz CT molecular complexity index is 715. The molecule has 1 amide bonds. The number of amides is 1. The Hall–Kier alpha value is -3.06. The summed E-state index contributed by atoms with van der Waals surface area (Å²) in [6, 6.07) is 18.2. The standard InChI is InChI=1S/C18H16N2O2/c1-2-22-17-11-7-6-8-14(17)12-15(13-19)18(21)20-16-9-4-3-5-10-16/h3-12H,2H2,1H3,(H,20,21)/b15-12+. The third kappa shape index (κ3) is 3.97. The molecular weight excluding hydrogens is 276 g/mol. The van der Waals surface area contributed by atoms with Crippen LogP contribution in [0, 0.1) is 11.3 Å². The molecule has 0 spiro atoms. The van der Waals surface area contributed by atoms with E-state index in [4.69, 9.17) is 4.74 Å². The molecule has 0 aliphatic rings. The van der Waals surface area contributed by atoms with E-state index in [2.05, 4.69) is 5.32 Å². The van der Waals surface area contributed by atoms with Gasteiger partial charge in [0, 0.05) is 11.3 Å². The van der Waals surface area contributed by atoms with E-state index in [0.717, 1.165) is 0 Å². The van der Waals surface area contributed by atoms with Gasteiger partial charge < -0.3 is 10.1 Å². The number of anilines is 1. The molecular formula is C18H16N2O2. The first kappa shape index (κ1) is 15.3. The number of nitrogens with zero attached hydrogens (tertiary/aromatic N) is 1. The van der Waals surface area contributed by atoms with Gasteiger partial charge in [-0.1, -0.05) is 36.4 Å². The third-order valence-electron chi connectivity index (χ3n) is 2.92. The van der Waals surface area contributed by atoms with E-state index >= 15 is 0 Å². The molecule has 2 aromatic rings. The highest BCUT2D eigenvalue weighted by Crippen LogP contribution is 2.21. The predicted molar refractivity (Wildman–Crippen MR) is 86.3 cm³/mol. The zero-order valence-electron chi connectivity index (χ0n) is 12.2. The summed E-state index contributed by atoms with van der Waals surface area (Å²) in [4.78, 5) is 12.2. The summed E-state index contributed by atoms with van der Waals surface area (Å²) in [5.41, 5.74) is 1.37. The lowest BCUT2D eigenvalue weighted by atomic mass is 10.1. The lowest BCUT2D eigenvalue weighted by molar-refractivity contribution is -0.112. The van der Waals surface area contributed by atoms with E-state index < -0.39 is 5.91 Å². The Morgan fingerprint density at radius 2 is 1.86 bits per heavy atom. The van der Waals surface area contributed by atoms with Crippen LogP contribution in [0.25, 0.3) is 6.08 Å². The van der Waals surface area contributed by atoms with E-state index in [1.54, 1.807) is 24.3 Å². The van der Waals surface area contributed by atoms with Crippen LogP contribution in [-0.4, -0.2) is 12.5 Å². The highest BCUT2D eigenvalue weighted by molar-refractivity contribution is 6.09. The second-order valence-electron chi connectivity index (χ2n) is 4.46. The number of hydrogen-bond acceptors (Lipinski definition) is 3. The Morgan fingerprint density at radius 3 is 2.55 bits per heavy atom. The number of hydrogen-bond donors (Lipinski definition) is 1. The van der Waals surface area contributed by atoms with E-state index in [9.17, 15) is 10.1 Å². The highest BCUT2D eigenvalue weighted by atomic mass is 16.5. The molecule has 0 aliphatic heterocycles. The van der Waals surface area contributed by atoms with E-state index in [1.165, 1.54) is 6.08 Å². The van der Waals surface area contributed by atoms with Crippen LogP contribution in [0.3, 0.4) is 0 Å². The van der Waals surface area contributed by atoms with Crippen LogP contribution in [-0.2, 0) is 4.79 Å². The number of rotatable bonds is 5. The average Bonchev–Trinajstić information content (AvgIpc) is 2.55. The zero-order valence-corrected chi connectivity index (χ0v) is 12.2. The zero-order chi connectivity index (χ0) is 15.8. The molecule has 0 atom stereocenters.